The van der Waals surface area contributed by atoms with Crippen molar-refractivity contribution < 1.29 is 9.90 Å². The Bertz CT molecular complexity index is 557. The van der Waals surface area contributed by atoms with Crippen LogP contribution in [0.1, 0.15) is 0 Å². The summed E-state index contributed by atoms with van der Waals surface area (Å²) < 4.78 is 0. The van der Waals surface area contributed by atoms with E-state index in [0.717, 1.165) is 10.1 Å². The van der Waals surface area contributed by atoms with Gasteiger partial charge in [0.2, 0.25) is 0 Å². The van der Waals surface area contributed by atoms with Crippen molar-refractivity contribution in [1.82, 2.24) is 9.97 Å². The number of rotatable bonds is 8. The van der Waals surface area contributed by atoms with E-state index < -0.39 is 11.2 Å². The van der Waals surface area contributed by atoms with E-state index in [4.69, 9.17) is 0 Å². The Hall–Kier alpha value is -0.830. The highest BCUT2D eigenvalue weighted by Gasteiger charge is 2.19. The van der Waals surface area contributed by atoms with Gasteiger partial charge in [-0.3, -0.25) is 4.79 Å². The Balaban J connectivity index is 1.78. The molecule has 2 rings (SSSR count). The highest BCUT2D eigenvalue weighted by Crippen LogP contribution is 2.38. The molecule has 0 spiro atoms. The quantitative estimate of drug-likeness (QED) is 0.709. The predicted octanol–water partition coefficient (Wildman–Crippen LogP) is 4.11. The average molecular weight is 357 g/mol. The smallest absolute Gasteiger partial charge is 0.318 e. The maximum Gasteiger partial charge on any atom is 0.318 e. The van der Waals surface area contributed by atoms with E-state index in [1.807, 2.05) is 36.4 Å². The van der Waals surface area contributed by atoms with Crippen LogP contribution in [0.15, 0.2) is 58.8 Å². The largest absolute Gasteiger partial charge is 0.480 e. The van der Waals surface area contributed by atoms with Crippen molar-refractivity contribution in [3.8, 4) is 0 Å². The van der Waals surface area contributed by atoms with Crippen molar-refractivity contribution in [3.63, 3.8) is 0 Å². The fraction of sp³-hybridized carbons (Fsp3) is 0.154. The van der Waals surface area contributed by atoms with Gasteiger partial charge in [0, 0.05) is 18.1 Å². The standard InChI is InChI=1S/C13H12N2O2S4/c16-13(17)10(19-21-12-6-2-4-8-15-12)9-18-20-11-5-1-3-7-14-11/h1-8,10H,9H2,(H,16,17). The van der Waals surface area contributed by atoms with Gasteiger partial charge in [0.25, 0.3) is 0 Å². The van der Waals surface area contributed by atoms with E-state index in [1.54, 1.807) is 12.4 Å². The van der Waals surface area contributed by atoms with Gasteiger partial charge in [0.1, 0.15) is 15.3 Å². The Morgan fingerprint density at radius 2 is 1.67 bits per heavy atom. The van der Waals surface area contributed by atoms with Gasteiger partial charge >= 0.3 is 5.97 Å². The average Bonchev–Trinajstić information content (AvgIpc) is 2.52. The van der Waals surface area contributed by atoms with E-state index in [1.165, 1.54) is 43.2 Å². The first-order valence-electron chi connectivity index (χ1n) is 5.93. The van der Waals surface area contributed by atoms with Gasteiger partial charge in [-0.1, -0.05) is 33.7 Å². The van der Waals surface area contributed by atoms with Crippen LogP contribution in [-0.2, 0) is 4.79 Å². The molecular formula is C13H12N2O2S4. The van der Waals surface area contributed by atoms with Crippen molar-refractivity contribution in [3.05, 3.63) is 48.8 Å². The van der Waals surface area contributed by atoms with E-state index in [2.05, 4.69) is 9.97 Å². The van der Waals surface area contributed by atoms with Crippen LogP contribution >= 0.6 is 43.2 Å². The molecule has 0 saturated heterocycles. The first-order valence-corrected chi connectivity index (χ1v) is 10.5. The summed E-state index contributed by atoms with van der Waals surface area (Å²) in [6.07, 6.45) is 3.42. The zero-order valence-corrected chi connectivity index (χ0v) is 14.1. The molecule has 0 radical (unpaired) electrons. The number of carboxylic acid groups (broad SMARTS) is 1. The third-order valence-corrected chi connectivity index (χ3v) is 7.26. The lowest BCUT2D eigenvalue weighted by Crippen LogP contribution is -2.17. The molecule has 0 bridgehead atoms. The van der Waals surface area contributed by atoms with Gasteiger partial charge in [0.05, 0.1) is 0 Å². The van der Waals surface area contributed by atoms with Gasteiger partial charge in [-0.15, -0.1) is 0 Å². The van der Waals surface area contributed by atoms with Crippen LogP contribution in [0.5, 0.6) is 0 Å². The lowest BCUT2D eigenvalue weighted by atomic mass is 10.5. The molecule has 1 atom stereocenters. The molecule has 0 aliphatic heterocycles. The number of aliphatic carboxylic acids is 1. The SMILES string of the molecule is O=C(O)C(CSSc1ccccn1)SSc1ccccn1. The molecule has 2 heterocycles. The lowest BCUT2D eigenvalue weighted by Gasteiger charge is -2.09. The monoisotopic (exact) mass is 356 g/mol. The number of nitrogens with zero attached hydrogens (tertiary/aromatic N) is 2. The van der Waals surface area contributed by atoms with Crippen LogP contribution in [0.4, 0.5) is 0 Å². The fourth-order valence-electron chi connectivity index (χ4n) is 1.20. The third kappa shape index (κ3) is 6.21. The molecule has 1 N–H and O–H groups in total. The van der Waals surface area contributed by atoms with Crippen molar-refractivity contribution in [2.75, 3.05) is 5.75 Å². The number of hydrogen-bond donors (Lipinski definition) is 1. The fourth-order valence-corrected chi connectivity index (χ4v) is 6.07. The molecule has 110 valence electrons. The molecule has 0 aromatic carbocycles. The Morgan fingerprint density at radius 3 is 2.19 bits per heavy atom. The number of pyridine rings is 2. The van der Waals surface area contributed by atoms with E-state index in [-0.39, 0.29) is 0 Å². The van der Waals surface area contributed by atoms with E-state index >= 15 is 0 Å². The van der Waals surface area contributed by atoms with Gasteiger partial charge in [0.15, 0.2) is 0 Å². The van der Waals surface area contributed by atoms with Gasteiger partial charge in [-0.2, -0.15) is 0 Å². The van der Waals surface area contributed by atoms with E-state index in [9.17, 15) is 9.90 Å². The second kappa shape index (κ2) is 9.24. The number of carbonyl (C=O) groups is 1. The van der Waals surface area contributed by atoms with Crippen molar-refractivity contribution in [1.29, 1.82) is 0 Å². The van der Waals surface area contributed by atoms with Crippen molar-refractivity contribution in [2.45, 2.75) is 15.3 Å². The molecule has 0 aliphatic rings. The van der Waals surface area contributed by atoms with Gasteiger partial charge < -0.3 is 5.11 Å². The summed E-state index contributed by atoms with van der Waals surface area (Å²) in [6.45, 7) is 0. The molecule has 2 aromatic heterocycles. The predicted molar refractivity (Wildman–Crippen MR) is 91.7 cm³/mol. The van der Waals surface area contributed by atoms with Crippen LogP contribution in [0.3, 0.4) is 0 Å². The van der Waals surface area contributed by atoms with Crippen LogP contribution in [0, 0.1) is 0 Å². The Morgan fingerprint density at radius 1 is 1.05 bits per heavy atom. The number of hydrogen-bond acceptors (Lipinski definition) is 7. The molecule has 21 heavy (non-hydrogen) atoms. The number of carboxylic acids is 1. The molecule has 0 saturated carbocycles. The summed E-state index contributed by atoms with van der Waals surface area (Å²) in [4.78, 5) is 19.6. The summed E-state index contributed by atoms with van der Waals surface area (Å²) in [5.41, 5.74) is 0. The summed E-state index contributed by atoms with van der Waals surface area (Å²) >= 11 is 0. The second-order valence-corrected chi connectivity index (χ2v) is 8.50. The van der Waals surface area contributed by atoms with Crippen LogP contribution in [0.25, 0.3) is 0 Å². The maximum absolute atomic E-state index is 11.3. The van der Waals surface area contributed by atoms with Crippen LogP contribution in [-0.4, -0.2) is 32.0 Å². The molecule has 1 unspecified atom stereocenters. The Labute approximate surface area is 138 Å². The second-order valence-electron chi connectivity index (χ2n) is 3.71. The van der Waals surface area contributed by atoms with Gasteiger partial charge in [-0.05, 0) is 45.9 Å². The molecule has 0 aliphatic carbocycles. The van der Waals surface area contributed by atoms with E-state index in [0.29, 0.717) is 5.75 Å². The maximum atomic E-state index is 11.3. The van der Waals surface area contributed by atoms with Crippen LogP contribution < -0.4 is 0 Å². The normalized spacial score (nSPS) is 12.0. The molecule has 0 fully saturated rings. The molecule has 2 aromatic rings. The minimum Gasteiger partial charge on any atom is -0.480 e. The summed E-state index contributed by atoms with van der Waals surface area (Å²) in [7, 11) is 5.70. The highest BCUT2D eigenvalue weighted by molar-refractivity contribution is 8.78. The lowest BCUT2D eigenvalue weighted by molar-refractivity contribution is -0.135. The minimum absolute atomic E-state index is 0.488. The van der Waals surface area contributed by atoms with Crippen molar-refractivity contribution >= 4 is 49.1 Å². The number of aromatic nitrogens is 2. The summed E-state index contributed by atoms with van der Waals surface area (Å²) in [5.74, 6) is -0.307. The topological polar surface area (TPSA) is 63.1 Å². The van der Waals surface area contributed by atoms with Gasteiger partial charge in [-0.25, -0.2) is 9.97 Å². The summed E-state index contributed by atoms with van der Waals surface area (Å²) in [5, 5.41) is 10.5. The molecule has 0 amide bonds. The Kier molecular flexibility index (Phi) is 7.28. The zero-order chi connectivity index (χ0) is 14.9. The highest BCUT2D eigenvalue weighted by atomic mass is 33.1. The first-order chi connectivity index (χ1) is 10.3. The zero-order valence-electron chi connectivity index (χ0n) is 10.8. The minimum atomic E-state index is -0.808. The van der Waals surface area contributed by atoms with Crippen molar-refractivity contribution in [2.24, 2.45) is 0 Å². The third-order valence-electron chi connectivity index (χ3n) is 2.16. The first kappa shape index (κ1) is 16.5. The molecule has 8 heteroatoms. The molecular weight excluding hydrogens is 344 g/mol. The summed E-state index contributed by atoms with van der Waals surface area (Å²) in [6, 6.07) is 11.3. The molecule has 4 nitrogen and oxygen atoms in total. The van der Waals surface area contributed by atoms with Crippen LogP contribution in [0.2, 0.25) is 0 Å².